The molecule has 1 saturated heterocycles. The van der Waals surface area contributed by atoms with Crippen molar-refractivity contribution in [1.29, 1.82) is 0 Å². The van der Waals surface area contributed by atoms with E-state index < -0.39 is 17.6 Å². The molecule has 2 aliphatic rings. The third kappa shape index (κ3) is 4.43. The molecule has 1 atom stereocenters. The number of halogens is 3. The first-order valence-electron chi connectivity index (χ1n) is 8.38. The van der Waals surface area contributed by atoms with Gasteiger partial charge in [-0.2, -0.15) is 13.2 Å². The molecule has 0 radical (unpaired) electrons. The molecular weight excluding hydrogens is 353 g/mol. The number of hydrogen-bond donors (Lipinski definition) is 2. The van der Waals surface area contributed by atoms with E-state index in [-0.39, 0.29) is 36.3 Å². The number of fused-ring (bicyclic) bond motifs is 1. The van der Waals surface area contributed by atoms with Crippen molar-refractivity contribution in [1.82, 2.24) is 4.90 Å². The zero-order valence-electron chi connectivity index (χ0n) is 13.9. The van der Waals surface area contributed by atoms with Crippen LogP contribution in [-0.4, -0.2) is 47.6 Å². The quantitative estimate of drug-likeness (QED) is 0.627. The van der Waals surface area contributed by atoms with E-state index in [1.165, 1.54) is 17.0 Å². The molecule has 0 aromatic heterocycles. The van der Waals surface area contributed by atoms with Crippen LogP contribution >= 0.6 is 0 Å². The maximum absolute atomic E-state index is 12.6. The van der Waals surface area contributed by atoms with Crippen molar-refractivity contribution in [2.45, 2.75) is 37.9 Å². The number of carbonyl (C=O) groups is 1. The smallest absolute Gasteiger partial charge is 0.375 e. The van der Waals surface area contributed by atoms with Crippen molar-refractivity contribution < 1.29 is 22.9 Å². The number of aryl methyl sites for hydroxylation is 1. The number of piperidine rings is 1. The SMILES string of the molecule is O=C1CCc2cc([N+](=O)[O-])c(N[C@@H]3CCCN(CC(F)(F)F)C3)cc2N1. The van der Waals surface area contributed by atoms with Crippen molar-refractivity contribution in [3.63, 3.8) is 0 Å². The molecule has 0 saturated carbocycles. The molecule has 3 rings (SSSR count). The molecule has 2 N–H and O–H groups in total. The zero-order valence-corrected chi connectivity index (χ0v) is 13.9. The lowest BCUT2D eigenvalue weighted by molar-refractivity contribution is -0.384. The number of anilines is 2. The van der Waals surface area contributed by atoms with Gasteiger partial charge in [-0.25, -0.2) is 0 Å². The molecular formula is C16H19F3N4O3. The average Bonchev–Trinajstić information content (AvgIpc) is 2.52. The highest BCUT2D eigenvalue weighted by Gasteiger charge is 2.33. The van der Waals surface area contributed by atoms with Gasteiger partial charge in [-0.15, -0.1) is 0 Å². The summed E-state index contributed by atoms with van der Waals surface area (Å²) in [6, 6.07) is 2.60. The summed E-state index contributed by atoms with van der Waals surface area (Å²) in [5, 5.41) is 17.1. The Kier molecular flexibility index (Phi) is 5.03. The van der Waals surface area contributed by atoms with E-state index >= 15 is 0 Å². The second-order valence-electron chi connectivity index (χ2n) is 6.67. The fraction of sp³-hybridized carbons (Fsp3) is 0.562. The molecule has 10 heteroatoms. The number of hydrogen-bond acceptors (Lipinski definition) is 5. The third-order valence-electron chi connectivity index (χ3n) is 4.58. The van der Waals surface area contributed by atoms with Crippen LogP contribution in [0.1, 0.15) is 24.8 Å². The Morgan fingerprint density at radius 2 is 2.12 bits per heavy atom. The number of alkyl halides is 3. The molecule has 0 unspecified atom stereocenters. The van der Waals surface area contributed by atoms with Crippen LogP contribution in [0.3, 0.4) is 0 Å². The minimum absolute atomic E-state index is 0.132. The van der Waals surface area contributed by atoms with Gasteiger partial charge in [-0.05, 0) is 37.4 Å². The van der Waals surface area contributed by atoms with E-state index in [2.05, 4.69) is 10.6 Å². The van der Waals surface area contributed by atoms with Gasteiger partial charge >= 0.3 is 6.18 Å². The van der Waals surface area contributed by atoms with Gasteiger partial charge in [-0.3, -0.25) is 19.8 Å². The van der Waals surface area contributed by atoms with E-state index in [0.717, 1.165) is 0 Å². The number of nitrogens with zero attached hydrogens (tertiary/aromatic N) is 2. The first kappa shape index (κ1) is 18.4. The molecule has 26 heavy (non-hydrogen) atoms. The van der Waals surface area contributed by atoms with Crippen molar-refractivity contribution in [2.75, 3.05) is 30.3 Å². The Balaban J connectivity index is 1.79. The van der Waals surface area contributed by atoms with E-state index in [1.807, 2.05) is 0 Å². The number of nitrogens with one attached hydrogen (secondary N) is 2. The summed E-state index contributed by atoms with van der Waals surface area (Å²) in [5.41, 5.74) is 1.28. The van der Waals surface area contributed by atoms with Gasteiger partial charge in [0.25, 0.3) is 5.69 Å². The predicted octanol–water partition coefficient (Wildman–Crippen LogP) is 2.92. The Morgan fingerprint density at radius 1 is 1.35 bits per heavy atom. The number of amides is 1. The van der Waals surface area contributed by atoms with Crippen LogP contribution < -0.4 is 10.6 Å². The Bertz CT molecular complexity index is 723. The van der Waals surface area contributed by atoms with Gasteiger partial charge in [0.2, 0.25) is 5.91 Å². The zero-order chi connectivity index (χ0) is 18.9. The lowest BCUT2D eigenvalue weighted by Gasteiger charge is -2.34. The molecule has 7 nitrogen and oxygen atoms in total. The first-order valence-corrected chi connectivity index (χ1v) is 8.38. The largest absolute Gasteiger partial charge is 0.401 e. The number of nitro groups is 1. The lowest BCUT2D eigenvalue weighted by atomic mass is 10.00. The molecule has 1 amide bonds. The Morgan fingerprint density at radius 3 is 2.81 bits per heavy atom. The van der Waals surface area contributed by atoms with Crippen LogP contribution in [0.25, 0.3) is 0 Å². The lowest BCUT2D eigenvalue weighted by Crippen LogP contribution is -2.45. The van der Waals surface area contributed by atoms with Gasteiger partial charge in [0, 0.05) is 30.8 Å². The number of rotatable bonds is 4. The van der Waals surface area contributed by atoms with Crippen LogP contribution in [-0.2, 0) is 11.2 Å². The minimum Gasteiger partial charge on any atom is -0.375 e. The average molecular weight is 372 g/mol. The maximum atomic E-state index is 12.6. The Labute approximate surface area is 147 Å². The van der Waals surface area contributed by atoms with Gasteiger partial charge in [-0.1, -0.05) is 0 Å². The fourth-order valence-electron chi connectivity index (χ4n) is 3.47. The number of benzene rings is 1. The molecule has 1 aromatic carbocycles. The molecule has 2 aliphatic heterocycles. The second-order valence-corrected chi connectivity index (χ2v) is 6.67. The van der Waals surface area contributed by atoms with Crippen molar-refractivity contribution in [3.8, 4) is 0 Å². The second kappa shape index (κ2) is 7.10. The monoisotopic (exact) mass is 372 g/mol. The van der Waals surface area contributed by atoms with Crippen molar-refractivity contribution in [3.05, 3.63) is 27.8 Å². The summed E-state index contributed by atoms with van der Waals surface area (Å²) in [4.78, 5) is 23.7. The number of likely N-dealkylation sites (tertiary alicyclic amines) is 1. The van der Waals surface area contributed by atoms with Crippen molar-refractivity contribution >= 4 is 23.0 Å². The third-order valence-corrected chi connectivity index (χ3v) is 4.58. The van der Waals surface area contributed by atoms with Crippen LogP contribution in [0.15, 0.2) is 12.1 Å². The molecule has 142 valence electrons. The first-order chi connectivity index (χ1) is 12.2. The van der Waals surface area contributed by atoms with Crippen LogP contribution in [0.2, 0.25) is 0 Å². The maximum Gasteiger partial charge on any atom is 0.401 e. The minimum atomic E-state index is -4.27. The molecule has 2 heterocycles. The highest BCUT2D eigenvalue weighted by Crippen LogP contribution is 2.35. The normalized spacial score (nSPS) is 21.0. The Hall–Kier alpha value is -2.36. The molecule has 0 bridgehead atoms. The molecule has 1 aromatic rings. The molecule has 0 aliphatic carbocycles. The van der Waals surface area contributed by atoms with E-state index in [9.17, 15) is 28.1 Å². The summed E-state index contributed by atoms with van der Waals surface area (Å²) in [6.07, 6.45) is -2.39. The fourth-order valence-corrected chi connectivity index (χ4v) is 3.47. The topological polar surface area (TPSA) is 87.5 Å². The van der Waals surface area contributed by atoms with Crippen molar-refractivity contribution in [2.24, 2.45) is 0 Å². The summed E-state index contributed by atoms with van der Waals surface area (Å²) in [6.45, 7) is -0.492. The van der Waals surface area contributed by atoms with Crippen LogP contribution in [0.4, 0.5) is 30.2 Å². The van der Waals surface area contributed by atoms with Crippen LogP contribution in [0.5, 0.6) is 0 Å². The number of carbonyl (C=O) groups excluding carboxylic acids is 1. The van der Waals surface area contributed by atoms with Crippen LogP contribution in [0, 0.1) is 10.1 Å². The molecule has 1 fully saturated rings. The van der Waals surface area contributed by atoms with E-state index in [0.29, 0.717) is 37.1 Å². The summed E-state index contributed by atoms with van der Waals surface area (Å²) in [5.74, 6) is -0.161. The summed E-state index contributed by atoms with van der Waals surface area (Å²) < 4.78 is 37.8. The standard InChI is InChI=1S/C16H19F3N4O3/c17-16(18,19)9-22-5-1-2-11(8-22)20-13-7-12-10(3-4-15(24)21-12)6-14(13)23(25)26/h6-7,11,20H,1-5,8-9H2,(H,21,24)/t11-/m1/s1. The van der Waals surface area contributed by atoms with Gasteiger partial charge in [0.15, 0.2) is 0 Å². The highest BCUT2D eigenvalue weighted by atomic mass is 19.4. The number of nitro benzene ring substituents is 1. The highest BCUT2D eigenvalue weighted by molar-refractivity contribution is 5.95. The van der Waals surface area contributed by atoms with E-state index in [4.69, 9.17) is 0 Å². The summed E-state index contributed by atoms with van der Waals surface area (Å²) >= 11 is 0. The predicted molar refractivity (Wildman–Crippen MR) is 89.2 cm³/mol. The van der Waals surface area contributed by atoms with Gasteiger partial charge in [0.1, 0.15) is 5.69 Å². The van der Waals surface area contributed by atoms with Gasteiger partial charge < -0.3 is 10.6 Å². The van der Waals surface area contributed by atoms with E-state index in [1.54, 1.807) is 0 Å². The molecule has 0 spiro atoms. The summed E-state index contributed by atoms with van der Waals surface area (Å²) in [7, 11) is 0. The van der Waals surface area contributed by atoms with Gasteiger partial charge in [0.05, 0.1) is 11.5 Å².